The summed E-state index contributed by atoms with van der Waals surface area (Å²) in [5.74, 6) is 1.35. The Bertz CT molecular complexity index is 1050. The molecule has 0 aromatic carbocycles. The van der Waals surface area contributed by atoms with E-state index in [0.717, 1.165) is 31.9 Å². The standard InChI is InChI=1S/C23H30ClF3N4O3S/c24-18-12-28-21(29-13-18)30-6-3-17(4-7-30)20-19-11-22(19,20)15-34-14-16-1-8-31(9-2-16)35(32,33)10-5-23(25,26)27/h11-13,16-17,20H,1-10,14-15H2. The molecule has 194 valence electrons. The molecule has 35 heavy (non-hydrogen) atoms. The number of sulfonamides is 1. The molecular weight excluding hydrogens is 505 g/mol. The Morgan fingerprint density at radius 2 is 1.74 bits per heavy atom. The van der Waals surface area contributed by atoms with Gasteiger partial charge in [-0.3, -0.25) is 0 Å². The van der Waals surface area contributed by atoms with Gasteiger partial charge in [-0.15, -0.1) is 0 Å². The number of piperidine rings is 2. The minimum absolute atomic E-state index is 0.144. The van der Waals surface area contributed by atoms with Gasteiger partial charge in [0.25, 0.3) is 0 Å². The van der Waals surface area contributed by atoms with E-state index in [1.54, 1.807) is 12.4 Å². The van der Waals surface area contributed by atoms with Crippen molar-refractivity contribution in [1.82, 2.24) is 14.3 Å². The molecule has 0 amide bonds. The minimum Gasteiger partial charge on any atom is -0.380 e. The highest BCUT2D eigenvalue weighted by atomic mass is 35.5. The van der Waals surface area contributed by atoms with Crippen molar-refractivity contribution in [2.24, 2.45) is 23.2 Å². The number of aromatic nitrogens is 2. The van der Waals surface area contributed by atoms with Gasteiger partial charge in [0.05, 0.1) is 36.2 Å². The van der Waals surface area contributed by atoms with Gasteiger partial charge in [-0.1, -0.05) is 23.3 Å². The fourth-order valence-electron chi connectivity index (χ4n) is 5.68. The molecule has 0 N–H and O–H groups in total. The lowest BCUT2D eigenvalue weighted by Gasteiger charge is -2.33. The van der Waals surface area contributed by atoms with Crippen molar-refractivity contribution in [3.8, 4) is 0 Å². The summed E-state index contributed by atoms with van der Waals surface area (Å²) in [6, 6.07) is 0. The molecule has 2 aliphatic carbocycles. The monoisotopic (exact) mass is 534 g/mol. The van der Waals surface area contributed by atoms with Crippen molar-refractivity contribution < 1.29 is 26.3 Å². The van der Waals surface area contributed by atoms with E-state index in [0.29, 0.717) is 42.9 Å². The Labute approximate surface area is 208 Å². The molecule has 7 nitrogen and oxygen atoms in total. The average molecular weight is 535 g/mol. The van der Waals surface area contributed by atoms with Crippen LogP contribution in [0.1, 0.15) is 32.1 Å². The summed E-state index contributed by atoms with van der Waals surface area (Å²) in [5.41, 5.74) is 1.66. The van der Waals surface area contributed by atoms with E-state index < -0.39 is 28.4 Å². The van der Waals surface area contributed by atoms with Crippen molar-refractivity contribution in [3.05, 3.63) is 29.1 Å². The van der Waals surface area contributed by atoms with Crippen LogP contribution in [0.25, 0.3) is 0 Å². The number of rotatable bonds is 9. The normalized spacial score (nSPS) is 28.1. The van der Waals surface area contributed by atoms with Gasteiger partial charge in [-0.05, 0) is 43.4 Å². The Balaban J connectivity index is 1.000. The maximum Gasteiger partial charge on any atom is 0.390 e. The third-order valence-electron chi connectivity index (χ3n) is 7.88. The summed E-state index contributed by atoms with van der Waals surface area (Å²) in [6.07, 6.45) is 3.22. The average Bonchev–Trinajstić information content (AvgIpc) is 3.69. The molecule has 1 aromatic heterocycles. The van der Waals surface area contributed by atoms with E-state index in [2.05, 4.69) is 20.9 Å². The second-order valence-electron chi connectivity index (χ2n) is 10.2. The number of halogens is 4. The second kappa shape index (κ2) is 9.46. The molecule has 0 spiro atoms. The van der Waals surface area contributed by atoms with Gasteiger partial charge in [0, 0.05) is 38.2 Å². The number of alkyl halides is 3. The van der Waals surface area contributed by atoms with Crippen LogP contribution >= 0.6 is 11.6 Å². The second-order valence-corrected chi connectivity index (χ2v) is 12.7. The number of hydrogen-bond donors (Lipinski definition) is 0. The third-order valence-corrected chi connectivity index (χ3v) is 9.95. The smallest absolute Gasteiger partial charge is 0.380 e. The quantitative estimate of drug-likeness (QED) is 0.447. The summed E-state index contributed by atoms with van der Waals surface area (Å²) in [6.45, 7) is 3.63. The Kier molecular flexibility index (Phi) is 6.82. The summed E-state index contributed by atoms with van der Waals surface area (Å²) >= 11 is 5.88. The molecular formula is C23H30ClF3N4O3S. The molecule has 2 aliphatic heterocycles. The molecule has 2 atom stereocenters. The summed E-state index contributed by atoms with van der Waals surface area (Å²) in [5, 5.41) is 0.534. The van der Waals surface area contributed by atoms with Crippen molar-refractivity contribution in [1.29, 1.82) is 0 Å². The van der Waals surface area contributed by atoms with Crippen LogP contribution < -0.4 is 4.90 Å². The predicted molar refractivity (Wildman–Crippen MR) is 126 cm³/mol. The number of anilines is 1. The zero-order valence-electron chi connectivity index (χ0n) is 19.4. The zero-order valence-corrected chi connectivity index (χ0v) is 21.0. The zero-order chi connectivity index (χ0) is 24.8. The maximum absolute atomic E-state index is 12.4. The Hall–Kier alpha value is -1.43. The summed E-state index contributed by atoms with van der Waals surface area (Å²) in [4.78, 5) is 10.8. The van der Waals surface area contributed by atoms with E-state index in [1.807, 2.05) is 0 Å². The highest BCUT2D eigenvalue weighted by molar-refractivity contribution is 7.89. The number of nitrogens with zero attached hydrogens (tertiary/aromatic N) is 4. The highest BCUT2D eigenvalue weighted by Gasteiger charge is 2.71. The van der Waals surface area contributed by atoms with Gasteiger partial charge in [-0.25, -0.2) is 22.7 Å². The SMILES string of the molecule is O=S(=O)(CCC(F)(F)F)N1CCC(COCC23C=C2C3C2CCN(c3ncc(Cl)cn3)CC2)CC1. The molecule has 1 aromatic rings. The summed E-state index contributed by atoms with van der Waals surface area (Å²) < 4.78 is 68.8. The third kappa shape index (κ3) is 5.62. The highest BCUT2D eigenvalue weighted by Crippen LogP contribution is 2.76. The van der Waals surface area contributed by atoms with Crippen LogP contribution in [-0.4, -0.2) is 74.0 Å². The van der Waals surface area contributed by atoms with Crippen LogP contribution in [-0.2, 0) is 14.8 Å². The van der Waals surface area contributed by atoms with Gasteiger partial charge < -0.3 is 9.64 Å². The number of fused-ring (bicyclic) bond motifs is 1. The van der Waals surface area contributed by atoms with Gasteiger partial charge in [-0.2, -0.15) is 13.2 Å². The summed E-state index contributed by atoms with van der Waals surface area (Å²) in [7, 11) is -3.86. The van der Waals surface area contributed by atoms with Gasteiger partial charge in [0.1, 0.15) is 0 Å². The molecule has 2 unspecified atom stereocenters. The first-order valence-corrected chi connectivity index (χ1v) is 14.1. The van der Waals surface area contributed by atoms with E-state index in [1.165, 1.54) is 9.88 Å². The van der Waals surface area contributed by atoms with Gasteiger partial charge in [0.15, 0.2) is 0 Å². The van der Waals surface area contributed by atoms with Crippen LogP contribution in [0.4, 0.5) is 19.1 Å². The van der Waals surface area contributed by atoms with Crippen LogP contribution in [0, 0.1) is 23.2 Å². The number of hydrogen-bond acceptors (Lipinski definition) is 6. The Morgan fingerprint density at radius 1 is 1.09 bits per heavy atom. The topological polar surface area (TPSA) is 75.6 Å². The lowest BCUT2D eigenvalue weighted by atomic mass is 9.86. The van der Waals surface area contributed by atoms with Gasteiger partial charge >= 0.3 is 6.18 Å². The van der Waals surface area contributed by atoms with Crippen molar-refractivity contribution in [2.45, 2.75) is 38.3 Å². The molecule has 12 heteroatoms. The molecule has 1 saturated carbocycles. The van der Waals surface area contributed by atoms with E-state index in [-0.39, 0.29) is 24.4 Å². The van der Waals surface area contributed by atoms with Gasteiger partial charge in [0.2, 0.25) is 16.0 Å². The van der Waals surface area contributed by atoms with E-state index >= 15 is 0 Å². The molecule has 3 heterocycles. The lowest BCUT2D eigenvalue weighted by Crippen LogP contribution is -2.41. The minimum atomic E-state index is -4.46. The molecule has 3 fully saturated rings. The largest absolute Gasteiger partial charge is 0.390 e. The molecule has 2 saturated heterocycles. The first-order chi connectivity index (χ1) is 16.6. The van der Waals surface area contributed by atoms with E-state index in [9.17, 15) is 21.6 Å². The molecule has 5 rings (SSSR count). The Morgan fingerprint density at radius 3 is 2.34 bits per heavy atom. The van der Waals surface area contributed by atoms with Crippen LogP contribution in [0.2, 0.25) is 5.02 Å². The fraction of sp³-hybridized carbons (Fsp3) is 0.739. The predicted octanol–water partition coefficient (Wildman–Crippen LogP) is 3.91. The lowest BCUT2D eigenvalue weighted by molar-refractivity contribution is -0.130. The first-order valence-electron chi connectivity index (χ1n) is 12.2. The fourth-order valence-corrected chi connectivity index (χ4v) is 7.30. The molecule has 0 radical (unpaired) electrons. The van der Waals surface area contributed by atoms with E-state index in [4.69, 9.17) is 16.3 Å². The number of ether oxygens (including phenoxy) is 1. The van der Waals surface area contributed by atoms with Crippen molar-refractivity contribution in [2.75, 3.05) is 50.0 Å². The van der Waals surface area contributed by atoms with Crippen molar-refractivity contribution in [3.63, 3.8) is 0 Å². The van der Waals surface area contributed by atoms with Crippen LogP contribution in [0.15, 0.2) is 24.0 Å². The van der Waals surface area contributed by atoms with Crippen LogP contribution in [0.5, 0.6) is 0 Å². The molecule has 4 aliphatic rings. The van der Waals surface area contributed by atoms with Crippen LogP contribution in [0.3, 0.4) is 0 Å². The maximum atomic E-state index is 12.4. The molecule has 0 bridgehead atoms. The van der Waals surface area contributed by atoms with Crippen molar-refractivity contribution >= 4 is 27.6 Å². The first kappa shape index (κ1) is 25.2.